The summed E-state index contributed by atoms with van der Waals surface area (Å²) in [5.74, 6) is 1.64. The molecule has 2 aromatic rings. The molecule has 3 heteroatoms. The maximum atomic E-state index is 13.2. The molecule has 1 aromatic heterocycles. The molecule has 0 atom stereocenters. The van der Waals surface area contributed by atoms with E-state index in [0.717, 1.165) is 31.6 Å². The topological polar surface area (TPSA) is 30.2 Å². The van der Waals surface area contributed by atoms with E-state index in [9.17, 15) is 9.18 Å². The lowest BCUT2D eigenvalue weighted by atomic mass is 9.75. The Morgan fingerprint density at radius 2 is 1.90 bits per heavy atom. The Bertz CT molecular complexity index is 648. The van der Waals surface area contributed by atoms with Gasteiger partial charge in [0.25, 0.3) is 0 Å². The minimum absolute atomic E-state index is 0.0606. The Hall–Kier alpha value is -1.64. The number of halogens is 1. The summed E-state index contributed by atoms with van der Waals surface area (Å²) in [5.41, 5.74) is 0.579. The lowest BCUT2D eigenvalue weighted by Crippen LogP contribution is -2.24. The van der Waals surface area contributed by atoms with E-state index in [1.165, 1.54) is 12.1 Å². The smallest absolute Gasteiger partial charge is 0.201 e. The van der Waals surface area contributed by atoms with E-state index in [4.69, 9.17) is 4.42 Å². The number of carbonyl (C=O) groups is 1. The Morgan fingerprint density at radius 3 is 2.57 bits per heavy atom. The van der Waals surface area contributed by atoms with Crippen LogP contribution in [-0.2, 0) is 0 Å². The zero-order chi connectivity index (χ0) is 15.0. The summed E-state index contributed by atoms with van der Waals surface area (Å²) in [6.45, 7) is 4.50. The fraction of sp³-hybridized carbons (Fsp3) is 0.500. The highest BCUT2D eigenvalue weighted by Crippen LogP contribution is 2.35. The second-order valence-electron chi connectivity index (χ2n) is 6.51. The number of benzene rings is 1. The lowest BCUT2D eigenvalue weighted by molar-refractivity contribution is 0.0832. The van der Waals surface area contributed by atoms with E-state index in [1.807, 2.05) is 0 Å². The molecular formula is C18H21FO2. The maximum absolute atomic E-state index is 13.2. The van der Waals surface area contributed by atoms with Crippen molar-refractivity contribution >= 4 is 16.8 Å². The average Bonchev–Trinajstić information content (AvgIpc) is 2.89. The molecule has 0 spiro atoms. The van der Waals surface area contributed by atoms with E-state index in [1.54, 1.807) is 12.1 Å². The second kappa shape index (κ2) is 5.63. The first kappa shape index (κ1) is 14.3. The maximum Gasteiger partial charge on any atom is 0.201 e. The van der Waals surface area contributed by atoms with Crippen molar-refractivity contribution in [3.05, 3.63) is 35.8 Å². The number of hydrogen-bond acceptors (Lipinski definition) is 2. The van der Waals surface area contributed by atoms with Crippen LogP contribution in [0.3, 0.4) is 0 Å². The van der Waals surface area contributed by atoms with Crippen LogP contribution in [-0.4, -0.2) is 5.78 Å². The molecule has 1 aliphatic rings. The third-order valence-corrected chi connectivity index (χ3v) is 4.81. The van der Waals surface area contributed by atoms with Crippen LogP contribution < -0.4 is 0 Å². The van der Waals surface area contributed by atoms with Gasteiger partial charge in [-0.2, -0.15) is 0 Å². The normalized spacial score (nSPS) is 22.9. The van der Waals surface area contributed by atoms with Crippen LogP contribution in [0.4, 0.5) is 4.39 Å². The van der Waals surface area contributed by atoms with Crippen molar-refractivity contribution in [1.82, 2.24) is 0 Å². The van der Waals surface area contributed by atoms with Crippen LogP contribution in [0.5, 0.6) is 0 Å². The highest BCUT2D eigenvalue weighted by molar-refractivity contribution is 5.99. The van der Waals surface area contributed by atoms with Gasteiger partial charge < -0.3 is 4.42 Å². The SMILES string of the molecule is CC(C)C1CCC(C(=O)c2cc3cc(F)ccc3o2)CC1. The van der Waals surface area contributed by atoms with E-state index < -0.39 is 0 Å². The van der Waals surface area contributed by atoms with Gasteiger partial charge in [-0.15, -0.1) is 0 Å². The molecule has 0 unspecified atom stereocenters. The Morgan fingerprint density at radius 1 is 1.19 bits per heavy atom. The highest BCUT2D eigenvalue weighted by Gasteiger charge is 2.29. The van der Waals surface area contributed by atoms with E-state index in [0.29, 0.717) is 22.6 Å². The lowest BCUT2D eigenvalue weighted by Gasteiger charge is -2.29. The third kappa shape index (κ3) is 2.87. The zero-order valence-corrected chi connectivity index (χ0v) is 12.6. The van der Waals surface area contributed by atoms with Gasteiger partial charge in [0.05, 0.1) is 0 Å². The zero-order valence-electron chi connectivity index (χ0n) is 12.6. The Balaban J connectivity index is 1.75. The van der Waals surface area contributed by atoms with Crippen molar-refractivity contribution in [2.75, 3.05) is 0 Å². The van der Waals surface area contributed by atoms with Crippen molar-refractivity contribution < 1.29 is 13.6 Å². The average molecular weight is 288 g/mol. The van der Waals surface area contributed by atoms with Gasteiger partial charge in [0.1, 0.15) is 11.4 Å². The second-order valence-corrected chi connectivity index (χ2v) is 6.51. The summed E-state index contributed by atoms with van der Waals surface area (Å²) in [6.07, 6.45) is 4.10. The number of furan rings is 1. The van der Waals surface area contributed by atoms with Gasteiger partial charge in [0.2, 0.25) is 5.78 Å². The minimum atomic E-state index is -0.306. The van der Waals surface area contributed by atoms with Gasteiger partial charge in [0.15, 0.2) is 5.76 Å². The van der Waals surface area contributed by atoms with Gasteiger partial charge >= 0.3 is 0 Å². The van der Waals surface area contributed by atoms with Crippen LogP contribution in [0.15, 0.2) is 28.7 Å². The van der Waals surface area contributed by atoms with Gasteiger partial charge in [-0.25, -0.2) is 4.39 Å². The van der Waals surface area contributed by atoms with Crippen LogP contribution in [0.2, 0.25) is 0 Å². The number of fused-ring (bicyclic) bond motifs is 1. The van der Waals surface area contributed by atoms with Crippen molar-refractivity contribution in [1.29, 1.82) is 0 Å². The molecule has 0 saturated heterocycles. The third-order valence-electron chi connectivity index (χ3n) is 4.81. The van der Waals surface area contributed by atoms with Crippen molar-refractivity contribution in [3.63, 3.8) is 0 Å². The standard InChI is InChI=1S/C18H21FO2/c1-11(2)12-3-5-13(6-4-12)18(20)17-10-14-9-15(19)7-8-16(14)21-17/h7-13H,3-6H2,1-2H3. The molecule has 1 saturated carbocycles. The fourth-order valence-corrected chi connectivity index (χ4v) is 3.38. The number of rotatable bonds is 3. The quantitative estimate of drug-likeness (QED) is 0.725. The summed E-state index contributed by atoms with van der Waals surface area (Å²) < 4.78 is 18.8. The molecule has 112 valence electrons. The van der Waals surface area contributed by atoms with Crippen molar-refractivity contribution in [2.45, 2.75) is 39.5 Å². The van der Waals surface area contributed by atoms with Gasteiger partial charge in [-0.05, 0) is 61.8 Å². The molecule has 0 bridgehead atoms. The van der Waals surface area contributed by atoms with E-state index >= 15 is 0 Å². The molecule has 2 nitrogen and oxygen atoms in total. The van der Waals surface area contributed by atoms with E-state index in [-0.39, 0.29) is 17.5 Å². The number of carbonyl (C=O) groups excluding carboxylic acids is 1. The molecule has 1 aromatic carbocycles. The molecule has 0 aliphatic heterocycles. The van der Waals surface area contributed by atoms with Crippen molar-refractivity contribution in [2.24, 2.45) is 17.8 Å². The number of hydrogen-bond donors (Lipinski definition) is 0. The summed E-state index contributed by atoms with van der Waals surface area (Å²) in [7, 11) is 0. The van der Waals surface area contributed by atoms with Crippen LogP contribution >= 0.6 is 0 Å². The Labute approximate surface area is 124 Å². The monoisotopic (exact) mass is 288 g/mol. The first-order valence-corrected chi connectivity index (χ1v) is 7.78. The summed E-state index contributed by atoms with van der Waals surface area (Å²) >= 11 is 0. The molecule has 1 fully saturated rings. The van der Waals surface area contributed by atoms with Gasteiger partial charge in [-0.1, -0.05) is 13.8 Å². The van der Waals surface area contributed by atoms with E-state index in [2.05, 4.69) is 13.8 Å². The van der Waals surface area contributed by atoms with Crippen LogP contribution in [0, 0.1) is 23.6 Å². The molecule has 0 radical (unpaired) electrons. The summed E-state index contributed by atoms with van der Waals surface area (Å²) in [5, 5.41) is 0.661. The van der Waals surface area contributed by atoms with Crippen LogP contribution in [0.25, 0.3) is 11.0 Å². The minimum Gasteiger partial charge on any atom is -0.453 e. The summed E-state index contributed by atoms with van der Waals surface area (Å²) in [6, 6.07) is 6.02. The fourth-order valence-electron chi connectivity index (χ4n) is 3.38. The first-order chi connectivity index (χ1) is 10.0. The molecule has 0 N–H and O–H groups in total. The van der Waals surface area contributed by atoms with Gasteiger partial charge in [0, 0.05) is 11.3 Å². The predicted molar refractivity (Wildman–Crippen MR) is 80.8 cm³/mol. The first-order valence-electron chi connectivity index (χ1n) is 7.78. The molecular weight excluding hydrogens is 267 g/mol. The van der Waals surface area contributed by atoms with Crippen LogP contribution in [0.1, 0.15) is 50.1 Å². The Kier molecular flexibility index (Phi) is 3.83. The van der Waals surface area contributed by atoms with Crippen molar-refractivity contribution in [3.8, 4) is 0 Å². The molecule has 21 heavy (non-hydrogen) atoms. The molecule has 1 heterocycles. The number of Topliss-reactive ketones (excluding diaryl/α,β-unsaturated/α-hetero) is 1. The molecule has 1 aliphatic carbocycles. The number of ketones is 1. The van der Waals surface area contributed by atoms with Gasteiger partial charge in [-0.3, -0.25) is 4.79 Å². The molecule has 3 rings (SSSR count). The largest absolute Gasteiger partial charge is 0.453 e. The summed E-state index contributed by atoms with van der Waals surface area (Å²) in [4.78, 5) is 12.5. The molecule has 0 amide bonds. The highest BCUT2D eigenvalue weighted by atomic mass is 19.1. The predicted octanol–water partition coefficient (Wildman–Crippen LogP) is 5.22.